The molecule has 0 radical (unpaired) electrons. The minimum absolute atomic E-state index is 0.0438. The first-order valence-electron chi connectivity index (χ1n) is 4.47. The van der Waals surface area contributed by atoms with E-state index in [1.807, 2.05) is 0 Å². The van der Waals surface area contributed by atoms with Gasteiger partial charge in [-0.05, 0) is 38.8 Å². The van der Waals surface area contributed by atoms with Crippen molar-refractivity contribution in [1.82, 2.24) is 0 Å². The summed E-state index contributed by atoms with van der Waals surface area (Å²) in [6.45, 7) is 1.33. The standard InChI is InChI=1S/C8H7Br2NO6S/c1-2-18(15,16)17-8-5(11(13)14)3-4(9)7(12)6(8)10/h3,12H,2H2,1H3. The van der Waals surface area contributed by atoms with Crippen LogP contribution in [0.2, 0.25) is 0 Å². The van der Waals surface area contributed by atoms with Gasteiger partial charge in [-0.15, -0.1) is 0 Å². The number of hydrogen-bond acceptors (Lipinski definition) is 6. The van der Waals surface area contributed by atoms with Crippen molar-refractivity contribution in [3.8, 4) is 11.5 Å². The van der Waals surface area contributed by atoms with Gasteiger partial charge in [-0.1, -0.05) is 0 Å². The minimum Gasteiger partial charge on any atom is -0.505 e. The fourth-order valence-corrected chi connectivity index (χ4v) is 2.81. The molecule has 1 aromatic carbocycles. The first-order chi connectivity index (χ1) is 8.19. The molecule has 7 nitrogen and oxygen atoms in total. The highest BCUT2D eigenvalue weighted by atomic mass is 79.9. The van der Waals surface area contributed by atoms with Gasteiger partial charge in [0.15, 0.2) is 0 Å². The van der Waals surface area contributed by atoms with Crippen LogP contribution >= 0.6 is 31.9 Å². The molecular weight excluding hydrogens is 398 g/mol. The normalized spacial score (nSPS) is 11.3. The average Bonchev–Trinajstić information content (AvgIpc) is 2.29. The van der Waals surface area contributed by atoms with Gasteiger partial charge in [-0.3, -0.25) is 10.1 Å². The largest absolute Gasteiger partial charge is 0.505 e. The lowest BCUT2D eigenvalue weighted by Crippen LogP contribution is -2.13. The van der Waals surface area contributed by atoms with Crippen molar-refractivity contribution in [3.05, 3.63) is 25.1 Å². The monoisotopic (exact) mass is 403 g/mol. The third-order valence-electron chi connectivity index (χ3n) is 1.89. The summed E-state index contributed by atoms with van der Waals surface area (Å²) in [5.74, 6) is -1.29. The number of phenols is 1. The lowest BCUT2D eigenvalue weighted by molar-refractivity contribution is -0.385. The number of hydrogen-bond donors (Lipinski definition) is 1. The van der Waals surface area contributed by atoms with E-state index >= 15 is 0 Å². The molecule has 0 unspecified atom stereocenters. The molecule has 1 rings (SSSR count). The number of nitro groups is 1. The number of phenolic OH excluding ortho intramolecular Hbond substituents is 1. The van der Waals surface area contributed by atoms with Crippen molar-refractivity contribution in [2.45, 2.75) is 6.92 Å². The molecule has 0 aliphatic heterocycles. The Morgan fingerprint density at radius 3 is 2.50 bits per heavy atom. The van der Waals surface area contributed by atoms with E-state index in [9.17, 15) is 23.6 Å². The molecule has 0 bridgehead atoms. The molecule has 0 heterocycles. The molecular formula is C8H7Br2NO6S. The maximum Gasteiger partial charge on any atom is 0.315 e. The Morgan fingerprint density at radius 2 is 2.06 bits per heavy atom. The Labute approximate surface area is 119 Å². The van der Waals surface area contributed by atoms with Gasteiger partial charge >= 0.3 is 15.8 Å². The molecule has 0 spiro atoms. The van der Waals surface area contributed by atoms with Crippen LogP contribution < -0.4 is 4.18 Å². The predicted octanol–water partition coefficient (Wildman–Crippen LogP) is 2.55. The number of rotatable bonds is 4. The van der Waals surface area contributed by atoms with Gasteiger partial charge in [-0.2, -0.15) is 8.42 Å². The molecule has 0 fully saturated rings. The second kappa shape index (κ2) is 5.41. The number of halogens is 2. The Balaban J connectivity index is 3.50. The molecule has 0 aliphatic carbocycles. The van der Waals surface area contributed by atoms with Crippen LogP contribution in [0.3, 0.4) is 0 Å². The third kappa shape index (κ3) is 3.12. The first kappa shape index (κ1) is 15.2. The molecule has 100 valence electrons. The smallest absolute Gasteiger partial charge is 0.315 e. The SMILES string of the molecule is CCS(=O)(=O)Oc1c([N+](=O)[O-])cc(Br)c(O)c1Br. The molecule has 0 aromatic heterocycles. The summed E-state index contributed by atoms with van der Waals surface area (Å²) < 4.78 is 27.1. The minimum atomic E-state index is -3.94. The fraction of sp³-hybridized carbons (Fsp3) is 0.250. The van der Waals surface area contributed by atoms with Gasteiger partial charge in [0.1, 0.15) is 10.2 Å². The summed E-state index contributed by atoms with van der Waals surface area (Å²) >= 11 is 5.76. The van der Waals surface area contributed by atoms with Crippen LogP contribution in [0.5, 0.6) is 11.5 Å². The molecule has 0 amide bonds. The Morgan fingerprint density at radius 1 is 1.50 bits per heavy atom. The topological polar surface area (TPSA) is 107 Å². The van der Waals surface area contributed by atoms with Crippen molar-refractivity contribution in [3.63, 3.8) is 0 Å². The molecule has 1 aromatic rings. The van der Waals surface area contributed by atoms with Crippen LogP contribution in [0.4, 0.5) is 5.69 Å². The summed E-state index contributed by atoms with van der Waals surface area (Å²) in [5, 5.41) is 20.4. The third-order valence-corrected chi connectivity index (χ3v) is 4.36. The average molecular weight is 405 g/mol. The van der Waals surface area contributed by atoms with Gasteiger partial charge < -0.3 is 9.29 Å². The lowest BCUT2D eigenvalue weighted by atomic mass is 10.3. The highest BCUT2D eigenvalue weighted by Gasteiger charge is 2.27. The molecule has 0 saturated heterocycles. The highest BCUT2D eigenvalue weighted by Crippen LogP contribution is 2.46. The zero-order chi connectivity index (χ0) is 14.1. The van der Waals surface area contributed by atoms with Crippen LogP contribution in [0, 0.1) is 10.1 Å². The second-order valence-electron chi connectivity index (χ2n) is 3.06. The Bertz CT molecular complexity index is 600. The van der Waals surface area contributed by atoms with Crippen molar-refractivity contribution in [2.24, 2.45) is 0 Å². The summed E-state index contributed by atoms with van der Waals surface area (Å²) in [4.78, 5) is 10.0. The van der Waals surface area contributed by atoms with E-state index in [-0.39, 0.29) is 20.4 Å². The zero-order valence-corrected chi connectivity index (χ0v) is 12.9. The van der Waals surface area contributed by atoms with E-state index in [0.717, 1.165) is 6.07 Å². The molecule has 0 saturated carbocycles. The molecule has 18 heavy (non-hydrogen) atoms. The summed E-state index contributed by atoms with van der Waals surface area (Å²) in [5.41, 5.74) is -0.580. The molecule has 10 heteroatoms. The van der Waals surface area contributed by atoms with Crippen LogP contribution in [0.15, 0.2) is 15.0 Å². The van der Waals surface area contributed by atoms with Crippen LogP contribution in [0.1, 0.15) is 6.92 Å². The number of aromatic hydroxyl groups is 1. The van der Waals surface area contributed by atoms with Crippen molar-refractivity contribution in [2.75, 3.05) is 5.75 Å². The summed E-state index contributed by atoms with van der Waals surface area (Å²) in [7, 11) is -3.94. The van der Waals surface area contributed by atoms with Gasteiger partial charge in [-0.25, -0.2) is 0 Å². The molecule has 0 aliphatic rings. The zero-order valence-electron chi connectivity index (χ0n) is 8.88. The van der Waals surface area contributed by atoms with Crippen molar-refractivity contribution in [1.29, 1.82) is 0 Å². The number of nitrogens with zero attached hydrogens (tertiary/aromatic N) is 1. The molecule has 1 N–H and O–H groups in total. The number of nitro benzene ring substituents is 1. The van der Waals surface area contributed by atoms with Gasteiger partial charge in [0.25, 0.3) is 0 Å². The van der Waals surface area contributed by atoms with E-state index in [1.165, 1.54) is 6.92 Å². The lowest BCUT2D eigenvalue weighted by Gasteiger charge is -2.09. The van der Waals surface area contributed by atoms with Crippen molar-refractivity contribution < 1.29 is 22.6 Å². The van der Waals surface area contributed by atoms with Crippen LogP contribution in [-0.4, -0.2) is 24.2 Å². The van der Waals surface area contributed by atoms with E-state index in [0.29, 0.717) is 0 Å². The van der Waals surface area contributed by atoms with Crippen molar-refractivity contribution >= 4 is 47.7 Å². The fourth-order valence-electron chi connectivity index (χ4n) is 0.980. The maximum atomic E-state index is 11.3. The Hall–Kier alpha value is -0.870. The second-order valence-corrected chi connectivity index (χ2v) is 6.56. The highest BCUT2D eigenvalue weighted by molar-refractivity contribution is 9.11. The summed E-state index contributed by atoms with van der Waals surface area (Å²) in [6, 6.07) is 0.959. The predicted molar refractivity (Wildman–Crippen MR) is 70.3 cm³/mol. The van der Waals surface area contributed by atoms with Gasteiger partial charge in [0, 0.05) is 6.07 Å². The quantitative estimate of drug-likeness (QED) is 0.469. The van der Waals surface area contributed by atoms with Gasteiger partial charge in [0.2, 0.25) is 5.75 Å². The van der Waals surface area contributed by atoms with E-state index in [1.54, 1.807) is 0 Å². The van der Waals surface area contributed by atoms with Crippen LogP contribution in [-0.2, 0) is 10.1 Å². The van der Waals surface area contributed by atoms with Gasteiger partial charge in [0.05, 0.1) is 15.1 Å². The first-order valence-corrected chi connectivity index (χ1v) is 7.63. The Kier molecular flexibility index (Phi) is 4.56. The van der Waals surface area contributed by atoms with E-state index < -0.39 is 26.5 Å². The number of benzene rings is 1. The van der Waals surface area contributed by atoms with Crippen LogP contribution in [0.25, 0.3) is 0 Å². The van der Waals surface area contributed by atoms with E-state index in [2.05, 4.69) is 36.0 Å². The molecule has 0 atom stereocenters. The maximum absolute atomic E-state index is 11.3. The summed E-state index contributed by atoms with van der Waals surface area (Å²) in [6.07, 6.45) is 0. The van der Waals surface area contributed by atoms with E-state index in [4.69, 9.17) is 0 Å².